The molecule has 23 heavy (non-hydrogen) atoms. The molecular formula is C21H38O2. The molecule has 0 aliphatic carbocycles. The van der Waals surface area contributed by atoms with Gasteiger partial charge in [0.1, 0.15) is 11.6 Å². The van der Waals surface area contributed by atoms with Crippen molar-refractivity contribution < 1.29 is 9.59 Å². The van der Waals surface area contributed by atoms with E-state index in [1.165, 1.54) is 77.6 Å². The minimum absolute atomic E-state index is 0.0113. The van der Waals surface area contributed by atoms with Crippen LogP contribution < -0.4 is 0 Å². The van der Waals surface area contributed by atoms with Gasteiger partial charge in [0.2, 0.25) is 0 Å². The van der Waals surface area contributed by atoms with Gasteiger partial charge in [0.15, 0.2) is 0 Å². The molecule has 0 spiro atoms. The third-order valence-corrected chi connectivity index (χ3v) is 4.16. The molecule has 0 N–H and O–H groups in total. The molecular weight excluding hydrogens is 284 g/mol. The van der Waals surface area contributed by atoms with E-state index >= 15 is 0 Å². The lowest BCUT2D eigenvalue weighted by Crippen LogP contribution is -2.03. The van der Waals surface area contributed by atoms with Gasteiger partial charge in [0.25, 0.3) is 0 Å². The maximum absolute atomic E-state index is 11.4. The molecule has 2 heteroatoms. The first kappa shape index (κ1) is 22.1. The first-order chi connectivity index (χ1) is 11.2. The van der Waals surface area contributed by atoms with Gasteiger partial charge >= 0.3 is 0 Å². The Labute approximate surface area is 144 Å². The number of carbonyl (C=O) groups excluding carboxylic acids is 2. The first-order valence-corrected chi connectivity index (χ1v) is 9.83. The average Bonchev–Trinajstić information content (AvgIpc) is 2.50. The van der Waals surface area contributed by atoms with Crippen molar-refractivity contribution >= 4 is 11.6 Å². The van der Waals surface area contributed by atoms with E-state index in [-0.39, 0.29) is 18.0 Å². The highest BCUT2D eigenvalue weighted by atomic mass is 16.1. The van der Waals surface area contributed by atoms with Gasteiger partial charge in [-0.25, -0.2) is 0 Å². The number of carbonyl (C=O) groups is 2. The van der Waals surface area contributed by atoms with Crippen LogP contribution in [0, 0.1) is 0 Å². The molecule has 0 rings (SSSR count). The van der Waals surface area contributed by atoms with Crippen molar-refractivity contribution in [3.8, 4) is 0 Å². The second-order valence-electron chi connectivity index (χ2n) is 6.75. The molecule has 0 saturated heterocycles. The number of allylic oxidation sites excluding steroid dienone is 2. The highest BCUT2D eigenvalue weighted by Crippen LogP contribution is 2.10. The number of Topliss-reactive ketones (excluding diaryl/α,β-unsaturated/α-hetero) is 2. The fraction of sp³-hybridized carbons (Fsp3) is 0.810. The topological polar surface area (TPSA) is 34.1 Å². The fourth-order valence-corrected chi connectivity index (χ4v) is 2.76. The lowest BCUT2D eigenvalue weighted by molar-refractivity contribution is -0.125. The third kappa shape index (κ3) is 19.0. The summed E-state index contributed by atoms with van der Waals surface area (Å²) >= 11 is 0. The van der Waals surface area contributed by atoms with E-state index in [9.17, 15) is 9.59 Å². The van der Waals surface area contributed by atoms with Crippen molar-refractivity contribution in [3.63, 3.8) is 0 Å². The predicted octanol–water partition coefficient (Wildman–Crippen LogP) is 6.57. The van der Waals surface area contributed by atoms with E-state index in [0.717, 1.165) is 12.8 Å². The van der Waals surface area contributed by atoms with Crippen LogP contribution in [-0.4, -0.2) is 11.6 Å². The molecule has 0 aromatic heterocycles. The zero-order valence-corrected chi connectivity index (χ0v) is 15.6. The van der Waals surface area contributed by atoms with Crippen LogP contribution in [0.25, 0.3) is 0 Å². The molecule has 0 aromatic rings. The maximum atomic E-state index is 11.4. The SMILES string of the molecule is CCCCCCCC/C=C/CCCCCCCC(=O)CC(C)=O. The Morgan fingerprint density at radius 2 is 1.17 bits per heavy atom. The van der Waals surface area contributed by atoms with Gasteiger partial charge < -0.3 is 0 Å². The average molecular weight is 323 g/mol. The first-order valence-electron chi connectivity index (χ1n) is 9.83. The molecule has 0 amide bonds. The molecule has 2 nitrogen and oxygen atoms in total. The normalized spacial score (nSPS) is 11.2. The Kier molecular flexibility index (Phi) is 16.7. The van der Waals surface area contributed by atoms with Gasteiger partial charge in [0.05, 0.1) is 6.42 Å². The smallest absolute Gasteiger partial charge is 0.140 e. The number of rotatable bonds is 17. The van der Waals surface area contributed by atoms with E-state index in [4.69, 9.17) is 0 Å². The summed E-state index contributed by atoms with van der Waals surface area (Å²) in [5.41, 5.74) is 0. The van der Waals surface area contributed by atoms with E-state index in [1.807, 2.05) is 0 Å². The van der Waals surface area contributed by atoms with E-state index in [2.05, 4.69) is 19.1 Å². The maximum Gasteiger partial charge on any atom is 0.140 e. The van der Waals surface area contributed by atoms with Crippen molar-refractivity contribution in [2.75, 3.05) is 0 Å². The molecule has 0 unspecified atom stereocenters. The quantitative estimate of drug-likeness (QED) is 0.172. The minimum Gasteiger partial charge on any atom is -0.300 e. The summed E-state index contributed by atoms with van der Waals surface area (Å²) in [5, 5.41) is 0. The monoisotopic (exact) mass is 322 g/mol. The van der Waals surface area contributed by atoms with Crippen LogP contribution >= 0.6 is 0 Å². The van der Waals surface area contributed by atoms with Gasteiger partial charge in [-0.1, -0.05) is 70.4 Å². The molecule has 0 aromatic carbocycles. The van der Waals surface area contributed by atoms with Crippen LogP contribution in [-0.2, 0) is 9.59 Å². The molecule has 0 saturated carbocycles. The molecule has 0 bridgehead atoms. The zero-order valence-electron chi connectivity index (χ0n) is 15.6. The largest absolute Gasteiger partial charge is 0.300 e. The zero-order chi connectivity index (χ0) is 17.2. The number of hydrogen-bond donors (Lipinski definition) is 0. The van der Waals surface area contributed by atoms with Crippen LogP contribution in [0.2, 0.25) is 0 Å². The molecule has 0 heterocycles. The van der Waals surface area contributed by atoms with Crippen molar-refractivity contribution in [1.29, 1.82) is 0 Å². The Morgan fingerprint density at radius 1 is 0.696 bits per heavy atom. The van der Waals surface area contributed by atoms with Crippen LogP contribution in [0.15, 0.2) is 12.2 Å². The van der Waals surface area contributed by atoms with Gasteiger partial charge in [-0.05, 0) is 39.0 Å². The summed E-state index contributed by atoms with van der Waals surface area (Å²) < 4.78 is 0. The second kappa shape index (κ2) is 17.4. The third-order valence-electron chi connectivity index (χ3n) is 4.16. The summed E-state index contributed by atoms with van der Waals surface area (Å²) in [6, 6.07) is 0. The summed E-state index contributed by atoms with van der Waals surface area (Å²) in [6.07, 6.45) is 21.8. The fourth-order valence-electron chi connectivity index (χ4n) is 2.76. The number of hydrogen-bond acceptors (Lipinski definition) is 2. The molecule has 0 radical (unpaired) electrons. The summed E-state index contributed by atoms with van der Waals surface area (Å²) in [4.78, 5) is 22.1. The standard InChI is InChI=1S/C21H38O2/c1-3-4-5-6-7-8-9-10-11-12-13-14-15-16-17-18-21(23)19-20(2)22/h10-11H,3-9,12-19H2,1-2H3/b11-10+. The minimum atomic E-state index is -0.0113. The highest BCUT2D eigenvalue weighted by molar-refractivity contribution is 5.97. The van der Waals surface area contributed by atoms with Crippen molar-refractivity contribution in [3.05, 3.63) is 12.2 Å². The van der Waals surface area contributed by atoms with Gasteiger partial charge in [0, 0.05) is 6.42 Å². The molecule has 0 aliphatic rings. The Morgan fingerprint density at radius 3 is 1.70 bits per heavy atom. The lowest BCUT2D eigenvalue weighted by atomic mass is 10.1. The highest BCUT2D eigenvalue weighted by Gasteiger charge is 2.04. The summed E-state index contributed by atoms with van der Waals surface area (Å²) in [6.45, 7) is 3.74. The molecule has 0 fully saturated rings. The van der Waals surface area contributed by atoms with E-state index in [1.54, 1.807) is 0 Å². The Bertz CT molecular complexity index is 318. The van der Waals surface area contributed by atoms with E-state index in [0.29, 0.717) is 6.42 Å². The lowest BCUT2D eigenvalue weighted by Gasteiger charge is -2.00. The van der Waals surface area contributed by atoms with E-state index < -0.39 is 0 Å². The Balaban J connectivity index is 3.19. The molecule has 0 aliphatic heterocycles. The number of ketones is 2. The van der Waals surface area contributed by atoms with Crippen LogP contribution in [0.1, 0.15) is 110 Å². The van der Waals surface area contributed by atoms with Crippen LogP contribution in [0.3, 0.4) is 0 Å². The Hall–Kier alpha value is -0.920. The second-order valence-corrected chi connectivity index (χ2v) is 6.75. The number of unbranched alkanes of at least 4 members (excludes halogenated alkanes) is 11. The van der Waals surface area contributed by atoms with Gasteiger partial charge in [-0.2, -0.15) is 0 Å². The van der Waals surface area contributed by atoms with Gasteiger partial charge in [-0.15, -0.1) is 0 Å². The van der Waals surface area contributed by atoms with Crippen molar-refractivity contribution in [2.45, 2.75) is 110 Å². The molecule has 134 valence electrons. The van der Waals surface area contributed by atoms with Crippen molar-refractivity contribution in [1.82, 2.24) is 0 Å². The summed E-state index contributed by atoms with van der Waals surface area (Å²) in [5.74, 6) is 0.0953. The van der Waals surface area contributed by atoms with Gasteiger partial charge in [-0.3, -0.25) is 9.59 Å². The molecule has 0 atom stereocenters. The van der Waals surface area contributed by atoms with Crippen molar-refractivity contribution in [2.24, 2.45) is 0 Å². The predicted molar refractivity (Wildman–Crippen MR) is 99.8 cm³/mol. The summed E-state index contributed by atoms with van der Waals surface area (Å²) in [7, 11) is 0. The van der Waals surface area contributed by atoms with Crippen LogP contribution in [0.4, 0.5) is 0 Å². The van der Waals surface area contributed by atoms with Crippen LogP contribution in [0.5, 0.6) is 0 Å².